The van der Waals surface area contributed by atoms with Gasteiger partial charge in [-0.1, -0.05) is 0 Å². The van der Waals surface area contributed by atoms with Gasteiger partial charge in [0.15, 0.2) is 0 Å². The molecule has 4 radical (unpaired) electrons. The molecule has 0 aromatic heterocycles. The van der Waals surface area contributed by atoms with Crippen molar-refractivity contribution in [2.24, 2.45) is 0 Å². The van der Waals surface area contributed by atoms with Crippen molar-refractivity contribution < 1.29 is 42.3 Å². The predicted molar refractivity (Wildman–Crippen MR) is 34.9 cm³/mol. The Labute approximate surface area is 103 Å². The first kappa shape index (κ1) is 22.8. The molecule has 0 saturated carbocycles. The smallest absolute Gasteiger partial charge is 0.0882 e. The minimum absolute atomic E-state index is 0. The van der Waals surface area contributed by atoms with Crippen LogP contribution in [0.2, 0.25) is 0 Å². The predicted octanol–water partition coefficient (Wildman–Crippen LogP) is -7.37. The van der Waals surface area contributed by atoms with E-state index in [4.69, 9.17) is 5.11 Å². The van der Waals surface area contributed by atoms with Crippen LogP contribution in [0.1, 0.15) is 25.7 Å². The van der Waals surface area contributed by atoms with Gasteiger partial charge in [0, 0.05) is 30.3 Å². The second-order valence-electron chi connectivity index (χ2n) is 1.94. The van der Waals surface area contributed by atoms with Crippen LogP contribution in [0.15, 0.2) is 11.8 Å². The van der Waals surface area contributed by atoms with Gasteiger partial charge in [0.1, 0.15) is 0 Å². The Morgan fingerprint density at radius 3 is 1.82 bits per heavy atom. The Kier molecular flexibility index (Phi) is 28.5. The van der Waals surface area contributed by atoms with Crippen LogP contribution in [0.4, 0.5) is 0 Å². The third-order valence-corrected chi connectivity index (χ3v) is 1.27. The van der Waals surface area contributed by atoms with Crippen molar-refractivity contribution in [1.82, 2.24) is 0 Å². The van der Waals surface area contributed by atoms with E-state index < -0.39 is 0 Å². The maximum absolute atomic E-state index is 8.77. The molecule has 5 heteroatoms. The SMILES string of the molecule is OC1=CCCCC1.[Cl-].[Cl-].[Cl-].[Sn]. The van der Waals surface area contributed by atoms with Crippen molar-refractivity contribution in [2.45, 2.75) is 25.7 Å². The second kappa shape index (κ2) is 13.8. The molecule has 0 aromatic rings. The van der Waals surface area contributed by atoms with Gasteiger partial charge in [-0.05, 0) is 25.3 Å². The van der Waals surface area contributed by atoms with Gasteiger partial charge in [0.2, 0.25) is 0 Å². The summed E-state index contributed by atoms with van der Waals surface area (Å²) < 4.78 is 0. The minimum Gasteiger partial charge on any atom is -1.00 e. The van der Waals surface area contributed by atoms with E-state index >= 15 is 0 Å². The van der Waals surface area contributed by atoms with E-state index in [2.05, 4.69) is 0 Å². The average Bonchev–Trinajstić information content (AvgIpc) is 1.69. The largest absolute Gasteiger partial charge is 1.00 e. The van der Waals surface area contributed by atoms with Crippen LogP contribution < -0.4 is 37.2 Å². The number of aliphatic hydroxyl groups is 1. The van der Waals surface area contributed by atoms with Crippen LogP contribution in [-0.2, 0) is 0 Å². The first-order valence-corrected chi connectivity index (χ1v) is 2.77. The Morgan fingerprint density at radius 1 is 1.09 bits per heavy atom. The van der Waals surface area contributed by atoms with Crippen molar-refractivity contribution >= 4 is 23.9 Å². The monoisotopic (exact) mass is 323 g/mol. The molecule has 0 unspecified atom stereocenters. The second-order valence-corrected chi connectivity index (χ2v) is 1.94. The summed E-state index contributed by atoms with van der Waals surface area (Å²) in [6.45, 7) is 0. The summed E-state index contributed by atoms with van der Waals surface area (Å²) in [4.78, 5) is 0. The molecular formula is C6H10Cl3OSn-3. The number of hydrogen-bond acceptors (Lipinski definition) is 1. The molecule has 68 valence electrons. The van der Waals surface area contributed by atoms with E-state index in [0.29, 0.717) is 5.76 Å². The Balaban J connectivity index is -0.0000000612. The van der Waals surface area contributed by atoms with E-state index in [1.54, 1.807) is 0 Å². The zero-order chi connectivity index (χ0) is 5.11. The van der Waals surface area contributed by atoms with Crippen LogP contribution in [-0.4, -0.2) is 29.0 Å². The zero-order valence-corrected chi connectivity index (χ0v) is 11.1. The molecule has 11 heavy (non-hydrogen) atoms. The van der Waals surface area contributed by atoms with Gasteiger partial charge in [-0.15, -0.1) is 0 Å². The Morgan fingerprint density at radius 2 is 1.64 bits per heavy atom. The molecule has 0 fully saturated rings. The summed E-state index contributed by atoms with van der Waals surface area (Å²) in [5.41, 5.74) is 0. The van der Waals surface area contributed by atoms with Crippen LogP contribution in [0, 0.1) is 0 Å². The van der Waals surface area contributed by atoms with E-state index in [-0.39, 0.29) is 61.1 Å². The van der Waals surface area contributed by atoms with Crippen LogP contribution >= 0.6 is 0 Å². The van der Waals surface area contributed by atoms with Gasteiger partial charge in [-0.2, -0.15) is 0 Å². The first-order valence-electron chi connectivity index (χ1n) is 2.77. The van der Waals surface area contributed by atoms with Gasteiger partial charge >= 0.3 is 0 Å². The topological polar surface area (TPSA) is 20.2 Å². The van der Waals surface area contributed by atoms with Crippen LogP contribution in [0.25, 0.3) is 0 Å². The quantitative estimate of drug-likeness (QED) is 0.439. The number of allylic oxidation sites excluding steroid dienone is 2. The molecule has 0 saturated heterocycles. The van der Waals surface area contributed by atoms with Gasteiger partial charge in [0.25, 0.3) is 0 Å². The minimum atomic E-state index is 0. The standard InChI is InChI=1S/C6H10O.3ClH.Sn/c7-6-4-2-1-3-5-6;;;;/h4,7H,1-3,5H2;3*1H;/p-3. The van der Waals surface area contributed by atoms with Gasteiger partial charge < -0.3 is 42.3 Å². The fourth-order valence-corrected chi connectivity index (χ4v) is 0.821. The normalized spacial score (nSPS) is 13.6. The van der Waals surface area contributed by atoms with Crippen molar-refractivity contribution in [2.75, 3.05) is 0 Å². The molecule has 1 aliphatic carbocycles. The summed E-state index contributed by atoms with van der Waals surface area (Å²) in [7, 11) is 0. The molecule has 0 aromatic carbocycles. The summed E-state index contributed by atoms with van der Waals surface area (Å²) in [5.74, 6) is 0.589. The number of aliphatic hydroxyl groups excluding tert-OH is 1. The summed E-state index contributed by atoms with van der Waals surface area (Å²) >= 11 is 0. The molecular weight excluding hydrogens is 313 g/mol. The summed E-state index contributed by atoms with van der Waals surface area (Å²) in [6, 6.07) is 0. The molecule has 1 N–H and O–H groups in total. The van der Waals surface area contributed by atoms with E-state index in [1.807, 2.05) is 6.08 Å². The maximum atomic E-state index is 8.77. The van der Waals surface area contributed by atoms with Gasteiger partial charge in [-0.3, -0.25) is 0 Å². The molecule has 1 rings (SSSR count). The first-order chi connectivity index (χ1) is 3.39. The van der Waals surface area contributed by atoms with Gasteiger partial charge in [0.05, 0.1) is 5.76 Å². The van der Waals surface area contributed by atoms with Crippen LogP contribution in [0.3, 0.4) is 0 Å². The fourth-order valence-electron chi connectivity index (χ4n) is 0.821. The van der Waals surface area contributed by atoms with Crippen LogP contribution in [0.5, 0.6) is 0 Å². The zero-order valence-electron chi connectivity index (χ0n) is 5.99. The number of rotatable bonds is 0. The van der Waals surface area contributed by atoms with E-state index in [1.165, 1.54) is 12.8 Å². The Hall–Kier alpha value is 1.21. The number of halogens is 3. The fraction of sp³-hybridized carbons (Fsp3) is 0.667. The molecule has 0 spiro atoms. The third-order valence-electron chi connectivity index (χ3n) is 1.27. The molecule has 0 heterocycles. The van der Waals surface area contributed by atoms with Crippen molar-refractivity contribution in [3.63, 3.8) is 0 Å². The molecule has 1 nitrogen and oxygen atoms in total. The van der Waals surface area contributed by atoms with E-state index in [0.717, 1.165) is 12.8 Å². The molecule has 0 amide bonds. The molecule has 0 aliphatic heterocycles. The third kappa shape index (κ3) is 11.2. The average molecular weight is 323 g/mol. The van der Waals surface area contributed by atoms with Crippen molar-refractivity contribution in [3.8, 4) is 0 Å². The molecule has 0 atom stereocenters. The molecule has 0 bridgehead atoms. The van der Waals surface area contributed by atoms with Crippen molar-refractivity contribution in [3.05, 3.63) is 11.8 Å². The number of hydrogen-bond donors (Lipinski definition) is 1. The Bertz CT molecular complexity index is 97.8. The summed E-state index contributed by atoms with van der Waals surface area (Å²) in [6.07, 6.45) is 6.31. The summed E-state index contributed by atoms with van der Waals surface area (Å²) in [5, 5.41) is 8.77. The molecule has 1 aliphatic rings. The van der Waals surface area contributed by atoms with Crippen molar-refractivity contribution in [1.29, 1.82) is 0 Å². The maximum Gasteiger partial charge on any atom is 0.0882 e. The van der Waals surface area contributed by atoms with Gasteiger partial charge in [-0.25, -0.2) is 0 Å². The van der Waals surface area contributed by atoms with E-state index in [9.17, 15) is 0 Å².